The first-order valence-corrected chi connectivity index (χ1v) is 13.7. The molecule has 2 heterocycles. The van der Waals surface area contributed by atoms with Gasteiger partial charge in [0.05, 0.1) is 14.2 Å². The molecule has 4 rings (SSSR count). The van der Waals surface area contributed by atoms with Gasteiger partial charge in [-0.3, -0.25) is 0 Å². The van der Waals surface area contributed by atoms with Crippen molar-refractivity contribution >= 4 is 51.9 Å². The van der Waals surface area contributed by atoms with Crippen molar-refractivity contribution in [2.75, 3.05) is 19.1 Å². The lowest BCUT2D eigenvalue weighted by Crippen LogP contribution is -2.08. The minimum absolute atomic E-state index is 0.286. The molecule has 0 saturated heterocycles. The van der Waals surface area contributed by atoms with Gasteiger partial charge in [-0.15, -0.1) is 11.3 Å². The molecule has 0 unspecified atom stereocenters. The monoisotopic (exact) mass is 553 g/mol. The van der Waals surface area contributed by atoms with Crippen LogP contribution < -0.4 is 14.4 Å². The Labute approximate surface area is 238 Å². The highest BCUT2D eigenvalue weighted by Gasteiger charge is 2.15. The van der Waals surface area contributed by atoms with Gasteiger partial charge in [-0.05, 0) is 90.9 Å². The number of carboxylic acids is 1. The molecule has 0 spiro atoms. The molecular weight excluding hydrogens is 522 g/mol. The smallest absolute Gasteiger partial charge is 0.346 e. The van der Waals surface area contributed by atoms with E-state index in [2.05, 4.69) is 24.0 Å². The molecule has 7 nitrogen and oxygen atoms in total. The molecule has 0 aliphatic heterocycles. The molecule has 0 aliphatic rings. The van der Waals surface area contributed by atoms with E-state index in [0.717, 1.165) is 57.7 Å². The largest absolute Gasteiger partial charge is 0.497 e. The number of nitrogens with zero attached hydrogens (tertiary/aromatic N) is 3. The topological polar surface area (TPSA) is 87.7 Å². The fourth-order valence-corrected chi connectivity index (χ4v) is 5.12. The first kappa shape index (κ1) is 28.3. The molecule has 40 heavy (non-hydrogen) atoms. The van der Waals surface area contributed by atoms with Crippen molar-refractivity contribution in [1.29, 1.82) is 5.26 Å². The summed E-state index contributed by atoms with van der Waals surface area (Å²) in [6.45, 7) is 2.85. The summed E-state index contributed by atoms with van der Waals surface area (Å²) in [5, 5.41) is 19.5. The summed E-state index contributed by atoms with van der Waals surface area (Å²) in [4.78, 5) is 14.6. The predicted molar refractivity (Wildman–Crippen MR) is 162 cm³/mol. The molecule has 0 atom stereocenters. The van der Waals surface area contributed by atoms with E-state index in [1.165, 1.54) is 6.08 Å². The van der Waals surface area contributed by atoms with E-state index in [4.69, 9.17) is 9.47 Å². The van der Waals surface area contributed by atoms with E-state index in [1.807, 2.05) is 77.5 Å². The van der Waals surface area contributed by atoms with Crippen LogP contribution in [-0.4, -0.2) is 29.9 Å². The summed E-state index contributed by atoms with van der Waals surface area (Å²) < 4.78 is 12.7. The number of aromatic nitrogens is 1. The van der Waals surface area contributed by atoms with Crippen LogP contribution in [-0.2, 0) is 11.3 Å². The number of rotatable bonds is 12. The molecule has 4 aromatic rings. The quantitative estimate of drug-likeness (QED) is 0.141. The highest BCUT2D eigenvalue weighted by atomic mass is 32.1. The molecular formula is C32H31N3O4S. The van der Waals surface area contributed by atoms with Gasteiger partial charge in [-0.25, -0.2) is 4.79 Å². The van der Waals surface area contributed by atoms with Crippen LogP contribution >= 0.6 is 11.3 Å². The molecule has 8 heteroatoms. The third kappa shape index (κ3) is 6.82. The number of methoxy groups -OCH3 is 2. The second-order valence-electron chi connectivity index (χ2n) is 8.96. The number of unbranched alkanes of at least 4 members (excludes halogenated alkanes) is 1. The maximum atomic E-state index is 11.4. The molecule has 0 saturated carbocycles. The van der Waals surface area contributed by atoms with E-state index in [0.29, 0.717) is 5.69 Å². The van der Waals surface area contributed by atoms with Gasteiger partial charge in [0.15, 0.2) is 0 Å². The third-order valence-electron chi connectivity index (χ3n) is 6.28. The number of thiophene rings is 1. The zero-order chi connectivity index (χ0) is 28.5. The van der Waals surface area contributed by atoms with E-state index in [1.54, 1.807) is 31.6 Å². The number of hydrogen-bond acceptors (Lipinski definition) is 6. The van der Waals surface area contributed by atoms with Crippen molar-refractivity contribution in [3.05, 3.63) is 94.6 Å². The molecule has 0 aliphatic carbocycles. The summed E-state index contributed by atoms with van der Waals surface area (Å²) in [7, 11) is 3.31. The van der Waals surface area contributed by atoms with Gasteiger partial charge in [-0.2, -0.15) is 5.26 Å². The number of carbonyl (C=O) groups is 1. The van der Waals surface area contributed by atoms with Gasteiger partial charge in [0, 0.05) is 34.7 Å². The fraction of sp³-hybridized carbons (Fsp3) is 0.188. The summed E-state index contributed by atoms with van der Waals surface area (Å²) in [5.41, 5.74) is 3.34. The Morgan fingerprint density at radius 2 is 1.62 bits per heavy atom. The number of benzene rings is 2. The van der Waals surface area contributed by atoms with Crippen molar-refractivity contribution in [3.63, 3.8) is 0 Å². The SMILES string of the molecule is CCCCn1cc(C=Cc2ccc(N(c3ccc(OC)cc3)c3ccc(OC)cc3)s2)cc1C=C(C#N)C(=O)O. The average molecular weight is 554 g/mol. The first-order chi connectivity index (χ1) is 19.4. The molecule has 0 radical (unpaired) electrons. The minimum atomic E-state index is -1.23. The van der Waals surface area contributed by atoms with Crippen LogP contribution in [0.2, 0.25) is 0 Å². The number of aliphatic carboxylic acids is 1. The molecule has 2 aromatic heterocycles. The molecule has 0 amide bonds. The Hall–Kier alpha value is -4.74. The number of nitriles is 1. The van der Waals surface area contributed by atoms with Gasteiger partial charge in [-0.1, -0.05) is 19.4 Å². The normalized spacial score (nSPS) is 11.4. The lowest BCUT2D eigenvalue weighted by molar-refractivity contribution is -0.132. The number of carboxylic acid groups (broad SMARTS) is 1. The maximum Gasteiger partial charge on any atom is 0.346 e. The van der Waals surface area contributed by atoms with E-state index in [9.17, 15) is 15.2 Å². The van der Waals surface area contributed by atoms with Crippen LogP contribution in [0.25, 0.3) is 18.2 Å². The highest BCUT2D eigenvalue weighted by molar-refractivity contribution is 7.17. The predicted octanol–water partition coefficient (Wildman–Crippen LogP) is 8.00. The van der Waals surface area contributed by atoms with Crippen molar-refractivity contribution in [1.82, 2.24) is 4.57 Å². The summed E-state index contributed by atoms with van der Waals surface area (Å²) in [6, 6.07) is 23.7. The van der Waals surface area contributed by atoms with Crippen LogP contribution in [0.4, 0.5) is 16.4 Å². The number of aryl methyl sites for hydroxylation is 1. The van der Waals surface area contributed by atoms with E-state index in [-0.39, 0.29) is 5.57 Å². The van der Waals surface area contributed by atoms with Gasteiger partial charge in [0.1, 0.15) is 28.1 Å². The van der Waals surface area contributed by atoms with E-state index >= 15 is 0 Å². The standard InChI is InChI=1S/C32H31N3O4S/c1-4-5-18-34-22-23(19-27(34)20-24(21-33)32(36)37)6-15-30-16-17-31(40-30)35(25-7-11-28(38-2)12-8-25)26-9-13-29(39-3)14-10-26/h6-17,19-20,22H,4-5,18H2,1-3H3,(H,36,37). The zero-order valence-corrected chi connectivity index (χ0v) is 23.5. The summed E-state index contributed by atoms with van der Waals surface area (Å²) >= 11 is 1.65. The molecule has 0 fully saturated rings. The van der Waals surface area contributed by atoms with Gasteiger partial charge < -0.3 is 24.0 Å². The molecule has 0 bridgehead atoms. The van der Waals surface area contributed by atoms with Gasteiger partial charge in [0.2, 0.25) is 0 Å². The van der Waals surface area contributed by atoms with Crippen molar-refractivity contribution < 1.29 is 19.4 Å². The second-order valence-corrected chi connectivity index (χ2v) is 10.1. The Morgan fingerprint density at radius 1 is 1.00 bits per heavy atom. The van der Waals surface area contributed by atoms with E-state index < -0.39 is 5.97 Å². The second kappa shape index (κ2) is 13.4. The minimum Gasteiger partial charge on any atom is -0.497 e. The van der Waals surface area contributed by atoms with Gasteiger partial charge in [0.25, 0.3) is 0 Å². The summed E-state index contributed by atoms with van der Waals surface area (Å²) in [6.07, 6.45) is 9.43. The average Bonchev–Trinajstić information content (AvgIpc) is 3.61. The molecule has 2 aromatic carbocycles. The van der Waals surface area contributed by atoms with Crippen LogP contribution in [0.1, 0.15) is 35.9 Å². The summed E-state index contributed by atoms with van der Waals surface area (Å²) in [5.74, 6) is 0.351. The molecule has 1 N–H and O–H groups in total. The van der Waals surface area contributed by atoms with Crippen LogP contribution in [0.15, 0.2) is 78.5 Å². The van der Waals surface area contributed by atoms with Crippen LogP contribution in [0.5, 0.6) is 11.5 Å². The van der Waals surface area contributed by atoms with Crippen molar-refractivity contribution in [2.24, 2.45) is 0 Å². The van der Waals surface area contributed by atoms with Crippen LogP contribution in [0.3, 0.4) is 0 Å². The number of hydrogen-bond donors (Lipinski definition) is 1. The van der Waals surface area contributed by atoms with Gasteiger partial charge >= 0.3 is 5.97 Å². The Balaban J connectivity index is 1.64. The lowest BCUT2D eigenvalue weighted by Gasteiger charge is -2.24. The maximum absolute atomic E-state index is 11.4. The Bertz CT molecular complexity index is 1490. The van der Waals surface area contributed by atoms with Crippen molar-refractivity contribution in [3.8, 4) is 17.6 Å². The fourth-order valence-electron chi connectivity index (χ4n) is 4.17. The van der Waals surface area contributed by atoms with Crippen molar-refractivity contribution in [2.45, 2.75) is 26.3 Å². The number of anilines is 3. The third-order valence-corrected chi connectivity index (χ3v) is 7.32. The number of ether oxygens (including phenoxy) is 2. The zero-order valence-electron chi connectivity index (χ0n) is 22.7. The Kier molecular flexibility index (Phi) is 9.44. The highest BCUT2D eigenvalue weighted by Crippen LogP contribution is 2.40. The first-order valence-electron chi connectivity index (χ1n) is 12.9. The Morgan fingerprint density at radius 3 is 2.15 bits per heavy atom. The lowest BCUT2D eigenvalue weighted by atomic mass is 10.2. The molecule has 204 valence electrons. The van der Waals surface area contributed by atoms with Crippen LogP contribution in [0, 0.1) is 11.3 Å².